The lowest BCUT2D eigenvalue weighted by atomic mass is 10.0. The van der Waals surface area contributed by atoms with Gasteiger partial charge in [-0.25, -0.2) is 0 Å². The summed E-state index contributed by atoms with van der Waals surface area (Å²) in [7, 11) is 0. The van der Waals surface area contributed by atoms with E-state index in [0.717, 1.165) is 47.4 Å². The number of carbonyl (C=O) groups is 1. The Morgan fingerprint density at radius 2 is 1.86 bits per heavy atom. The second-order valence-electron chi connectivity index (χ2n) is 7.18. The number of rotatable bonds is 6. The third-order valence-electron chi connectivity index (χ3n) is 4.56. The second kappa shape index (κ2) is 9.32. The zero-order valence-corrected chi connectivity index (χ0v) is 17.6. The van der Waals surface area contributed by atoms with Crippen LogP contribution in [0.2, 0.25) is 0 Å². The van der Waals surface area contributed by atoms with Crippen molar-refractivity contribution in [2.45, 2.75) is 24.9 Å². The van der Waals surface area contributed by atoms with E-state index >= 15 is 0 Å². The average molecular weight is 503 g/mol. The number of amides is 1. The molecular weight excluding hydrogens is 488 g/mol. The topological polar surface area (TPSA) is 119 Å². The first-order chi connectivity index (χ1) is 16.2. The van der Waals surface area contributed by atoms with Gasteiger partial charge in [0.05, 0.1) is 23.8 Å². The molecule has 35 heavy (non-hydrogen) atoms. The summed E-state index contributed by atoms with van der Waals surface area (Å²) in [5, 5.41) is 18.8. The van der Waals surface area contributed by atoms with Crippen LogP contribution < -0.4 is 15.6 Å². The highest BCUT2D eigenvalue weighted by Gasteiger charge is 2.52. The Morgan fingerprint density at radius 3 is 2.46 bits per heavy atom. The average Bonchev–Trinajstić information content (AvgIpc) is 2.77. The van der Waals surface area contributed by atoms with Gasteiger partial charge in [-0.1, -0.05) is 0 Å². The molecule has 0 aliphatic rings. The summed E-state index contributed by atoms with van der Waals surface area (Å²) < 4.78 is 81.8. The fourth-order valence-electron chi connectivity index (χ4n) is 2.70. The van der Waals surface area contributed by atoms with E-state index in [1.165, 1.54) is 6.07 Å². The number of ether oxygens (including phenoxy) is 1. The van der Waals surface area contributed by atoms with E-state index in [2.05, 4.69) is 25.2 Å². The minimum Gasteiger partial charge on any atom is -0.465 e. The number of carbonyl (C=O) groups excluding carboxylic acids is 1. The molecule has 1 atom stereocenters. The van der Waals surface area contributed by atoms with Crippen LogP contribution in [0.5, 0.6) is 5.88 Å². The zero-order chi connectivity index (χ0) is 26.0. The maximum atomic E-state index is 12.9. The Kier molecular flexibility index (Phi) is 6.82. The molecule has 0 aliphatic carbocycles. The van der Waals surface area contributed by atoms with E-state index < -0.39 is 53.2 Å². The van der Waals surface area contributed by atoms with Crippen molar-refractivity contribution < 1.29 is 41.0 Å². The van der Waals surface area contributed by atoms with Crippen molar-refractivity contribution in [3.05, 3.63) is 70.5 Å². The lowest BCUT2D eigenvalue weighted by Gasteiger charge is -2.25. The van der Waals surface area contributed by atoms with Crippen LogP contribution in [-0.4, -0.2) is 49.7 Å². The third-order valence-corrected chi connectivity index (χ3v) is 4.56. The fraction of sp³-hybridized carbons (Fsp3) is 0.250. The molecule has 0 aliphatic heterocycles. The lowest BCUT2D eigenvalue weighted by Crippen LogP contribution is -2.39. The summed E-state index contributed by atoms with van der Waals surface area (Å²) in [6.45, 7) is -1.18. The van der Waals surface area contributed by atoms with Crippen LogP contribution in [0.1, 0.15) is 23.0 Å². The molecule has 0 unspecified atom stereocenters. The lowest BCUT2D eigenvalue weighted by molar-refractivity contribution is -0.260. The Bertz CT molecular complexity index is 1270. The first kappa shape index (κ1) is 25.6. The fourth-order valence-corrected chi connectivity index (χ4v) is 2.70. The maximum absolute atomic E-state index is 12.9. The molecule has 0 fully saturated rings. The Labute approximate surface area is 192 Å². The first-order valence-corrected chi connectivity index (χ1v) is 9.51. The van der Waals surface area contributed by atoms with Crippen molar-refractivity contribution >= 4 is 11.6 Å². The molecule has 186 valence electrons. The molecule has 15 heteroatoms. The van der Waals surface area contributed by atoms with E-state index in [0.29, 0.717) is 6.92 Å². The van der Waals surface area contributed by atoms with E-state index in [-0.39, 0.29) is 11.4 Å². The van der Waals surface area contributed by atoms with Gasteiger partial charge >= 0.3 is 12.4 Å². The molecule has 3 rings (SSSR count). The van der Waals surface area contributed by atoms with Crippen LogP contribution in [0.4, 0.5) is 32.0 Å². The highest BCUT2D eigenvalue weighted by molar-refractivity contribution is 6.03. The second-order valence-corrected chi connectivity index (χ2v) is 7.18. The molecule has 0 bridgehead atoms. The van der Waals surface area contributed by atoms with Crippen molar-refractivity contribution in [2.75, 3.05) is 11.9 Å². The standard InChI is InChI=1S/C20H15F6N5O4/c1-18(34,20(24,25)26)14-5-4-11(9-27-14)29-15(32)12-3-2-8-31(17(12)33)13-6-7-28-30-16(13)35-10-19(21,22)23/h2-9,34H,10H2,1H3,(H,29,32)/t18-/m1/s1. The van der Waals surface area contributed by atoms with E-state index in [9.17, 15) is 41.0 Å². The van der Waals surface area contributed by atoms with Gasteiger partial charge in [0.25, 0.3) is 17.3 Å². The summed E-state index contributed by atoms with van der Waals surface area (Å²) in [5.74, 6) is -1.60. The molecule has 3 heterocycles. The van der Waals surface area contributed by atoms with Gasteiger partial charge < -0.3 is 15.2 Å². The highest BCUT2D eigenvalue weighted by Crippen LogP contribution is 2.37. The largest absolute Gasteiger partial charge is 0.465 e. The predicted octanol–water partition coefficient (Wildman–Crippen LogP) is 2.99. The van der Waals surface area contributed by atoms with Crippen LogP contribution in [0.3, 0.4) is 0 Å². The van der Waals surface area contributed by atoms with Crippen LogP contribution in [0.25, 0.3) is 5.69 Å². The summed E-state index contributed by atoms with van der Waals surface area (Å²) >= 11 is 0. The Hall–Kier alpha value is -4.01. The molecule has 2 N–H and O–H groups in total. The van der Waals surface area contributed by atoms with Crippen molar-refractivity contribution in [2.24, 2.45) is 0 Å². The number of hydrogen-bond donors (Lipinski definition) is 2. The zero-order valence-electron chi connectivity index (χ0n) is 17.6. The van der Waals surface area contributed by atoms with Gasteiger partial charge in [-0.15, -0.1) is 5.10 Å². The van der Waals surface area contributed by atoms with Gasteiger partial charge in [0.2, 0.25) is 0 Å². The highest BCUT2D eigenvalue weighted by atomic mass is 19.4. The number of anilines is 1. The first-order valence-electron chi connectivity index (χ1n) is 9.51. The Balaban J connectivity index is 1.86. The summed E-state index contributed by atoms with van der Waals surface area (Å²) in [5.41, 5.74) is -5.68. The molecule has 0 saturated carbocycles. The molecule has 9 nitrogen and oxygen atoms in total. The number of hydrogen-bond acceptors (Lipinski definition) is 7. The number of halogens is 6. The van der Waals surface area contributed by atoms with Crippen molar-refractivity contribution in [3.63, 3.8) is 0 Å². The molecule has 1 amide bonds. The number of aromatic nitrogens is 4. The van der Waals surface area contributed by atoms with Crippen molar-refractivity contribution in [3.8, 4) is 11.6 Å². The monoisotopic (exact) mass is 503 g/mol. The Morgan fingerprint density at radius 1 is 1.14 bits per heavy atom. The number of aliphatic hydroxyl groups is 1. The van der Waals surface area contributed by atoms with Gasteiger partial charge in [-0.3, -0.25) is 19.1 Å². The smallest absolute Gasteiger partial charge is 0.422 e. The van der Waals surface area contributed by atoms with Crippen LogP contribution in [0.15, 0.2) is 53.7 Å². The van der Waals surface area contributed by atoms with Gasteiger partial charge in [-0.05, 0) is 37.3 Å². The molecule has 3 aromatic heterocycles. The quantitative estimate of drug-likeness (QED) is 0.497. The van der Waals surface area contributed by atoms with E-state index in [1.54, 1.807) is 0 Å². The molecule has 0 spiro atoms. The molecule has 0 radical (unpaired) electrons. The van der Waals surface area contributed by atoms with Gasteiger partial charge in [0, 0.05) is 6.20 Å². The summed E-state index contributed by atoms with van der Waals surface area (Å²) in [6.07, 6.45) is -6.57. The van der Waals surface area contributed by atoms with E-state index in [1.807, 2.05) is 0 Å². The summed E-state index contributed by atoms with van der Waals surface area (Å²) in [4.78, 5) is 29.0. The van der Waals surface area contributed by atoms with Gasteiger partial charge in [-0.2, -0.15) is 31.4 Å². The third kappa shape index (κ3) is 5.74. The van der Waals surface area contributed by atoms with Gasteiger partial charge in [0.1, 0.15) is 11.3 Å². The van der Waals surface area contributed by atoms with E-state index in [4.69, 9.17) is 0 Å². The maximum Gasteiger partial charge on any atom is 0.422 e. The minimum atomic E-state index is -5.00. The molecule has 3 aromatic rings. The molecular formula is C20H15F6N5O4. The predicted molar refractivity (Wildman–Crippen MR) is 107 cm³/mol. The molecule has 0 aromatic carbocycles. The minimum absolute atomic E-state index is 0.0914. The SMILES string of the molecule is C[C@@](O)(c1ccc(NC(=O)c2cccn(-c3ccnnc3OCC(F)(F)F)c2=O)cn1)C(F)(F)F. The summed E-state index contributed by atoms with van der Waals surface area (Å²) in [6, 6.07) is 5.41. The normalized spacial score (nSPS) is 13.7. The number of pyridine rings is 2. The number of nitrogens with one attached hydrogen (secondary N) is 1. The number of nitrogens with zero attached hydrogens (tertiary/aromatic N) is 4. The van der Waals surface area contributed by atoms with Crippen LogP contribution in [0, 0.1) is 0 Å². The molecule has 0 saturated heterocycles. The van der Waals surface area contributed by atoms with Gasteiger partial charge in [0.15, 0.2) is 12.2 Å². The van der Waals surface area contributed by atoms with Crippen molar-refractivity contribution in [1.82, 2.24) is 19.7 Å². The van der Waals surface area contributed by atoms with Crippen molar-refractivity contribution in [1.29, 1.82) is 0 Å². The van der Waals surface area contributed by atoms with Crippen LogP contribution >= 0.6 is 0 Å². The van der Waals surface area contributed by atoms with Crippen LogP contribution in [-0.2, 0) is 5.60 Å². The number of alkyl halides is 6.